The lowest BCUT2D eigenvalue weighted by atomic mass is 9.75. The van der Waals surface area contributed by atoms with Gasteiger partial charge in [-0.1, -0.05) is 20.3 Å². The summed E-state index contributed by atoms with van der Waals surface area (Å²) in [5.74, 6) is 0.130. The number of piperidine rings is 1. The van der Waals surface area contributed by atoms with Crippen molar-refractivity contribution in [2.24, 2.45) is 5.41 Å². The van der Waals surface area contributed by atoms with Gasteiger partial charge in [-0.25, -0.2) is 0 Å². The molecule has 4 heteroatoms. The van der Waals surface area contributed by atoms with Gasteiger partial charge in [0.25, 0.3) is 0 Å². The van der Waals surface area contributed by atoms with E-state index in [1.807, 2.05) is 0 Å². The lowest BCUT2D eigenvalue weighted by Gasteiger charge is -2.39. The molecule has 1 aliphatic heterocycles. The highest BCUT2D eigenvalue weighted by atomic mass is 16.1. The molecule has 1 aliphatic carbocycles. The molecule has 4 nitrogen and oxygen atoms in total. The van der Waals surface area contributed by atoms with Gasteiger partial charge in [0.1, 0.15) is 0 Å². The molecule has 0 radical (unpaired) electrons. The molecule has 0 bridgehead atoms. The number of carbonyl (C=O) groups is 1. The van der Waals surface area contributed by atoms with Gasteiger partial charge < -0.3 is 10.6 Å². The van der Waals surface area contributed by atoms with Crippen LogP contribution in [0.3, 0.4) is 0 Å². The van der Waals surface area contributed by atoms with Gasteiger partial charge in [-0.15, -0.1) is 0 Å². The number of carbonyl (C=O) groups excluding carboxylic acids is 1. The van der Waals surface area contributed by atoms with Crippen LogP contribution in [0.4, 0.5) is 0 Å². The van der Waals surface area contributed by atoms with Gasteiger partial charge in [-0.3, -0.25) is 9.69 Å². The quantitative estimate of drug-likeness (QED) is 0.825. The second kappa shape index (κ2) is 6.90. The molecule has 20 heavy (non-hydrogen) atoms. The van der Waals surface area contributed by atoms with Gasteiger partial charge in [0.15, 0.2) is 0 Å². The van der Waals surface area contributed by atoms with Crippen molar-refractivity contribution >= 4 is 5.91 Å². The van der Waals surface area contributed by atoms with E-state index in [1.165, 1.54) is 38.5 Å². The summed E-state index contributed by atoms with van der Waals surface area (Å²) in [6, 6.07) is 1.35. The summed E-state index contributed by atoms with van der Waals surface area (Å²) < 4.78 is 0. The highest BCUT2D eigenvalue weighted by molar-refractivity contribution is 5.77. The normalized spacial score (nSPS) is 28.2. The molecular formula is C16H31N3O. The molecule has 0 aromatic heterocycles. The Labute approximate surface area is 123 Å². The Hall–Kier alpha value is -0.610. The van der Waals surface area contributed by atoms with Crippen LogP contribution in [-0.4, -0.2) is 49.6 Å². The summed E-state index contributed by atoms with van der Waals surface area (Å²) in [6.45, 7) is 7.43. The van der Waals surface area contributed by atoms with E-state index in [-0.39, 0.29) is 5.91 Å². The summed E-state index contributed by atoms with van der Waals surface area (Å²) >= 11 is 0. The average molecular weight is 281 g/mol. The Bertz CT molecular complexity index is 322. The van der Waals surface area contributed by atoms with Gasteiger partial charge >= 0.3 is 0 Å². The zero-order chi connectivity index (χ0) is 14.6. The third-order valence-electron chi connectivity index (χ3n) is 4.91. The van der Waals surface area contributed by atoms with Crippen molar-refractivity contribution in [3.05, 3.63) is 0 Å². The number of hydrogen-bond donors (Lipinski definition) is 2. The molecule has 1 saturated carbocycles. The van der Waals surface area contributed by atoms with E-state index in [4.69, 9.17) is 0 Å². The number of likely N-dealkylation sites (tertiary alicyclic amines) is 1. The molecule has 1 heterocycles. The zero-order valence-electron chi connectivity index (χ0n) is 13.4. The molecular weight excluding hydrogens is 250 g/mol. The third kappa shape index (κ3) is 4.74. The van der Waals surface area contributed by atoms with Crippen LogP contribution in [0.2, 0.25) is 0 Å². The number of rotatable bonds is 4. The first-order valence-corrected chi connectivity index (χ1v) is 8.17. The van der Waals surface area contributed by atoms with Crippen LogP contribution in [0.25, 0.3) is 0 Å². The van der Waals surface area contributed by atoms with Crippen LogP contribution in [0, 0.1) is 5.41 Å². The highest BCUT2D eigenvalue weighted by Gasteiger charge is 2.30. The largest absolute Gasteiger partial charge is 0.358 e. The number of nitrogens with one attached hydrogen (secondary N) is 2. The van der Waals surface area contributed by atoms with Gasteiger partial charge in [0.05, 0.1) is 6.54 Å². The fourth-order valence-corrected chi connectivity index (χ4v) is 3.71. The summed E-state index contributed by atoms with van der Waals surface area (Å²) in [6.07, 6.45) is 7.73. The minimum atomic E-state index is 0.130. The standard InChI is InChI=1S/C16H31N3O/c1-16(2)8-4-5-14(11-16)18-13-6-9-19(10-7-13)12-15(20)17-3/h13-14,18H,4-12H2,1-3H3,(H,17,20). The van der Waals surface area contributed by atoms with Crippen molar-refractivity contribution in [1.82, 2.24) is 15.5 Å². The fourth-order valence-electron chi connectivity index (χ4n) is 3.71. The summed E-state index contributed by atoms with van der Waals surface area (Å²) in [4.78, 5) is 13.6. The second-order valence-electron chi connectivity index (χ2n) is 7.35. The van der Waals surface area contributed by atoms with Crippen molar-refractivity contribution in [1.29, 1.82) is 0 Å². The zero-order valence-corrected chi connectivity index (χ0v) is 13.4. The van der Waals surface area contributed by atoms with Gasteiger partial charge in [0, 0.05) is 32.2 Å². The molecule has 2 aliphatic rings. The second-order valence-corrected chi connectivity index (χ2v) is 7.35. The van der Waals surface area contributed by atoms with E-state index < -0.39 is 0 Å². The number of nitrogens with zero attached hydrogens (tertiary/aromatic N) is 1. The third-order valence-corrected chi connectivity index (χ3v) is 4.91. The van der Waals surface area contributed by atoms with Crippen molar-refractivity contribution in [3.8, 4) is 0 Å². The molecule has 0 spiro atoms. The first-order chi connectivity index (χ1) is 9.48. The van der Waals surface area contributed by atoms with E-state index in [0.29, 0.717) is 24.0 Å². The Morgan fingerprint density at radius 1 is 1.20 bits per heavy atom. The molecule has 1 unspecified atom stereocenters. The fraction of sp³-hybridized carbons (Fsp3) is 0.938. The van der Waals surface area contributed by atoms with Gasteiger partial charge in [0.2, 0.25) is 5.91 Å². The topological polar surface area (TPSA) is 44.4 Å². The summed E-state index contributed by atoms with van der Waals surface area (Å²) in [5, 5.41) is 6.58. The Balaban J connectivity index is 1.70. The molecule has 1 saturated heterocycles. The van der Waals surface area contributed by atoms with Crippen LogP contribution in [0.15, 0.2) is 0 Å². The van der Waals surface area contributed by atoms with E-state index in [1.54, 1.807) is 7.05 Å². The highest BCUT2D eigenvalue weighted by Crippen LogP contribution is 2.35. The molecule has 2 N–H and O–H groups in total. The number of likely N-dealkylation sites (N-methyl/N-ethyl adjacent to an activating group) is 1. The summed E-state index contributed by atoms with van der Waals surface area (Å²) in [7, 11) is 1.71. The minimum Gasteiger partial charge on any atom is -0.358 e. The predicted molar refractivity (Wildman–Crippen MR) is 82.7 cm³/mol. The first-order valence-electron chi connectivity index (χ1n) is 8.17. The molecule has 0 aromatic carbocycles. The van der Waals surface area contributed by atoms with Gasteiger partial charge in [-0.05, 0) is 37.5 Å². The molecule has 2 rings (SSSR count). The van der Waals surface area contributed by atoms with Crippen LogP contribution in [-0.2, 0) is 4.79 Å². The SMILES string of the molecule is CNC(=O)CN1CCC(NC2CCCC(C)(C)C2)CC1. The van der Waals surface area contributed by atoms with E-state index >= 15 is 0 Å². The number of hydrogen-bond acceptors (Lipinski definition) is 3. The average Bonchev–Trinajstić information content (AvgIpc) is 2.40. The maximum Gasteiger partial charge on any atom is 0.233 e. The lowest BCUT2D eigenvalue weighted by molar-refractivity contribution is -0.122. The van der Waals surface area contributed by atoms with Crippen molar-refractivity contribution < 1.29 is 4.79 Å². The first kappa shape index (κ1) is 15.8. The Kier molecular flexibility index (Phi) is 5.44. The maximum atomic E-state index is 11.4. The smallest absolute Gasteiger partial charge is 0.233 e. The molecule has 0 aromatic rings. The van der Waals surface area contributed by atoms with E-state index in [9.17, 15) is 4.79 Å². The van der Waals surface area contributed by atoms with Crippen molar-refractivity contribution in [3.63, 3.8) is 0 Å². The molecule has 2 fully saturated rings. The van der Waals surface area contributed by atoms with Crippen LogP contribution < -0.4 is 10.6 Å². The van der Waals surface area contributed by atoms with Crippen LogP contribution in [0.1, 0.15) is 52.4 Å². The summed E-state index contributed by atoms with van der Waals surface area (Å²) in [5.41, 5.74) is 0.510. The van der Waals surface area contributed by atoms with E-state index in [2.05, 4.69) is 29.4 Å². The maximum absolute atomic E-state index is 11.4. The van der Waals surface area contributed by atoms with Crippen molar-refractivity contribution in [2.75, 3.05) is 26.7 Å². The molecule has 1 atom stereocenters. The van der Waals surface area contributed by atoms with Gasteiger partial charge in [-0.2, -0.15) is 0 Å². The van der Waals surface area contributed by atoms with Crippen molar-refractivity contribution in [2.45, 2.75) is 64.5 Å². The Morgan fingerprint density at radius 2 is 1.90 bits per heavy atom. The van der Waals surface area contributed by atoms with Crippen LogP contribution >= 0.6 is 0 Å². The lowest BCUT2D eigenvalue weighted by Crippen LogP contribution is -2.49. The van der Waals surface area contributed by atoms with E-state index in [0.717, 1.165) is 13.1 Å². The monoisotopic (exact) mass is 281 g/mol. The Morgan fingerprint density at radius 3 is 2.50 bits per heavy atom. The van der Waals surface area contributed by atoms with Crippen LogP contribution in [0.5, 0.6) is 0 Å². The predicted octanol–water partition coefficient (Wildman–Crippen LogP) is 1.76. The molecule has 1 amide bonds. The molecule has 116 valence electrons. The number of amides is 1. The minimum absolute atomic E-state index is 0.130.